The minimum atomic E-state index is -3.24. The van der Waals surface area contributed by atoms with Crippen molar-refractivity contribution < 1.29 is 8.42 Å². The fourth-order valence-corrected chi connectivity index (χ4v) is 2.72. The minimum Gasteiger partial charge on any atom is -0.397 e. The van der Waals surface area contributed by atoms with E-state index in [4.69, 9.17) is 5.73 Å². The van der Waals surface area contributed by atoms with Crippen LogP contribution in [0, 0.1) is 0 Å². The van der Waals surface area contributed by atoms with Gasteiger partial charge < -0.3 is 5.73 Å². The van der Waals surface area contributed by atoms with E-state index in [1.54, 1.807) is 31.2 Å². The van der Waals surface area contributed by atoms with Gasteiger partial charge in [-0.05, 0) is 25.5 Å². The van der Waals surface area contributed by atoms with Gasteiger partial charge in [0.25, 0.3) is 0 Å². The molecule has 0 aliphatic heterocycles. The molecule has 2 N–H and O–H groups in total. The topological polar surface area (TPSA) is 63.4 Å². The summed E-state index contributed by atoms with van der Waals surface area (Å²) < 4.78 is 25.2. The number of sulfonamides is 1. The van der Waals surface area contributed by atoms with E-state index in [-0.39, 0.29) is 5.75 Å². The van der Waals surface area contributed by atoms with E-state index >= 15 is 0 Å². The van der Waals surface area contributed by atoms with Crippen LogP contribution in [-0.4, -0.2) is 20.7 Å². The Labute approximate surface area is 97.1 Å². The predicted molar refractivity (Wildman–Crippen MR) is 68.0 cm³/mol. The molecule has 90 valence electrons. The number of rotatable bonds is 5. The van der Waals surface area contributed by atoms with Crippen molar-refractivity contribution in [3.63, 3.8) is 0 Å². The summed E-state index contributed by atoms with van der Waals surface area (Å²) in [5, 5.41) is 0. The maximum atomic E-state index is 11.9. The Morgan fingerprint density at radius 3 is 2.38 bits per heavy atom. The van der Waals surface area contributed by atoms with Crippen molar-refractivity contribution in [1.82, 2.24) is 0 Å². The molecule has 4 nitrogen and oxygen atoms in total. The molecule has 0 aromatic heterocycles. The molecular weight excluding hydrogens is 224 g/mol. The summed E-state index contributed by atoms with van der Waals surface area (Å²) in [5.41, 5.74) is 6.87. The van der Waals surface area contributed by atoms with Crippen LogP contribution in [0.15, 0.2) is 24.3 Å². The van der Waals surface area contributed by atoms with Crippen LogP contribution < -0.4 is 10.0 Å². The van der Waals surface area contributed by atoms with Crippen LogP contribution in [0.3, 0.4) is 0 Å². The van der Waals surface area contributed by atoms with E-state index in [1.165, 1.54) is 4.31 Å². The third-order valence-electron chi connectivity index (χ3n) is 2.33. The van der Waals surface area contributed by atoms with E-state index in [9.17, 15) is 8.42 Å². The molecule has 0 saturated carbocycles. The summed E-state index contributed by atoms with van der Waals surface area (Å²) in [4.78, 5) is 0. The highest BCUT2D eigenvalue weighted by Crippen LogP contribution is 2.25. The van der Waals surface area contributed by atoms with E-state index in [0.29, 0.717) is 17.9 Å². The van der Waals surface area contributed by atoms with Crippen LogP contribution in [0.4, 0.5) is 11.4 Å². The van der Waals surface area contributed by atoms with Crippen LogP contribution in [0.5, 0.6) is 0 Å². The second-order valence-electron chi connectivity index (χ2n) is 3.53. The fourth-order valence-electron chi connectivity index (χ4n) is 1.48. The molecule has 1 rings (SSSR count). The van der Waals surface area contributed by atoms with Gasteiger partial charge in [-0.1, -0.05) is 19.1 Å². The second-order valence-corrected chi connectivity index (χ2v) is 5.71. The Balaban J connectivity index is 3.18. The molecule has 1 aromatic carbocycles. The highest BCUT2D eigenvalue weighted by molar-refractivity contribution is 7.92. The lowest BCUT2D eigenvalue weighted by atomic mass is 10.2. The zero-order valence-corrected chi connectivity index (χ0v) is 10.5. The predicted octanol–water partition coefficient (Wildman–Crippen LogP) is 1.83. The second kappa shape index (κ2) is 5.21. The summed E-state index contributed by atoms with van der Waals surface area (Å²) in [6.07, 6.45) is 0.758. The molecule has 0 atom stereocenters. The molecular formula is C11H18N2O2S. The largest absolute Gasteiger partial charge is 0.397 e. The maximum Gasteiger partial charge on any atom is 0.234 e. The van der Waals surface area contributed by atoms with Crippen LogP contribution in [-0.2, 0) is 10.0 Å². The number of anilines is 2. The van der Waals surface area contributed by atoms with Crippen molar-refractivity contribution in [1.29, 1.82) is 0 Å². The molecule has 5 heteroatoms. The summed E-state index contributed by atoms with van der Waals surface area (Å²) in [6, 6.07) is 7.03. The van der Waals surface area contributed by atoms with Gasteiger partial charge in [-0.2, -0.15) is 0 Å². The van der Waals surface area contributed by atoms with Crippen molar-refractivity contribution >= 4 is 21.4 Å². The smallest absolute Gasteiger partial charge is 0.234 e. The third kappa shape index (κ3) is 2.66. The average Bonchev–Trinajstić information content (AvgIpc) is 2.27. The van der Waals surface area contributed by atoms with Gasteiger partial charge in [0.1, 0.15) is 0 Å². The Hall–Kier alpha value is -1.23. The Morgan fingerprint density at radius 2 is 1.88 bits per heavy atom. The Kier molecular flexibility index (Phi) is 4.18. The van der Waals surface area contributed by atoms with Gasteiger partial charge in [-0.3, -0.25) is 4.31 Å². The molecule has 0 radical (unpaired) electrons. The van der Waals surface area contributed by atoms with E-state index in [0.717, 1.165) is 6.42 Å². The Bertz CT molecular complexity index is 443. The zero-order chi connectivity index (χ0) is 12.2. The maximum absolute atomic E-state index is 11.9. The van der Waals surface area contributed by atoms with Crippen LogP contribution in [0.1, 0.15) is 20.3 Å². The Morgan fingerprint density at radius 1 is 1.25 bits per heavy atom. The molecule has 0 amide bonds. The number of nitrogens with zero attached hydrogens (tertiary/aromatic N) is 1. The fraction of sp³-hybridized carbons (Fsp3) is 0.455. The van der Waals surface area contributed by atoms with Crippen LogP contribution >= 0.6 is 0 Å². The summed E-state index contributed by atoms with van der Waals surface area (Å²) in [7, 11) is -3.24. The lowest BCUT2D eigenvalue weighted by Crippen LogP contribution is -2.33. The van der Waals surface area contributed by atoms with Crippen LogP contribution in [0.25, 0.3) is 0 Å². The third-order valence-corrected chi connectivity index (χ3v) is 4.11. The number of para-hydroxylation sites is 2. The van der Waals surface area contributed by atoms with Crippen LogP contribution in [0.2, 0.25) is 0 Å². The van der Waals surface area contributed by atoms with Gasteiger partial charge in [0.2, 0.25) is 10.0 Å². The first-order valence-electron chi connectivity index (χ1n) is 5.37. The molecule has 0 aliphatic rings. The van der Waals surface area contributed by atoms with Gasteiger partial charge in [0, 0.05) is 6.54 Å². The number of hydrogen-bond donors (Lipinski definition) is 1. The molecule has 0 fully saturated rings. The molecule has 0 unspecified atom stereocenters. The molecule has 0 spiro atoms. The van der Waals surface area contributed by atoms with E-state index in [2.05, 4.69) is 0 Å². The first-order valence-corrected chi connectivity index (χ1v) is 6.98. The quantitative estimate of drug-likeness (QED) is 0.801. The highest BCUT2D eigenvalue weighted by atomic mass is 32.2. The van der Waals surface area contributed by atoms with Gasteiger partial charge in [0.05, 0.1) is 17.1 Å². The van der Waals surface area contributed by atoms with Gasteiger partial charge in [0.15, 0.2) is 0 Å². The van der Waals surface area contributed by atoms with E-state index < -0.39 is 10.0 Å². The standard InChI is InChI=1S/C11H18N2O2S/c1-3-9-13(16(14,15)4-2)11-8-6-5-7-10(11)12/h5-8H,3-4,9,12H2,1-2H3. The summed E-state index contributed by atoms with van der Waals surface area (Å²) >= 11 is 0. The lowest BCUT2D eigenvalue weighted by molar-refractivity contribution is 0.591. The molecule has 0 saturated heterocycles. The molecule has 1 aromatic rings. The summed E-state index contributed by atoms with van der Waals surface area (Å²) in [6.45, 7) is 4.04. The number of hydrogen-bond acceptors (Lipinski definition) is 3. The van der Waals surface area contributed by atoms with Crippen molar-refractivity contribution in [2.24, 2.45) is 0 Å². The highest BCUT2D eigenvalue weighted by Gasteiger charge is 2.20. The SMILES string of the molecule is CCCN(c1ccccc1N)S(=O)(=O)CC. The van der Waals surface area contributed by atoms with Gasteiger partial charge >= 0.3 is 0 Å². The molecule has 16 heavy (non-hydrogen) atoms. The van der Waals surface area contributed by atoms with Crippen molar-refractivity contribution in [3.05, 3.63) is 24.3 Å². The average molecular weight is 242 g/mol. The molecule has 0 heterocycles. The first-order chi connectivity index (χ1) is 7.53. The monoisotopic (exact) mass is 242 g/mol. The van der Waals surface area contributed by atoms with Crippen molar-refractivity contribution in [2.75, 3.05) is 22.3 Å². The van der Waals surface area contributed by atoms with Crippen molar-refractivity contribution in [2.45, 2.75) is 20.3 Å². The minimum absolute atomic E-state index is 0.0847. The lowest BCUT2D eigenvalue weighted by Gasteiger charge is -2.24. The summed E-state index contributed by atoms with van der Waals surface area (Å²) in [5.74, 6) is 0.0847. The number of benzene rings is 1. The molecule has 0 bridgehead atoms. The van der Waals surface area contributed by atoms with Gasteiger partial charge in [-0.25, -0.2) is 8.42 Å². The normalized spacial score (nSPS) is 11.4. The van der Waals surface area contributed by atoms with Gasteiger partial charge in [-0.15, -0.1) is 0 Å². The van der Waals surface area contributed by atoms with E-state index in [1.807, 2.05) is 6.92 Å². The number of nitrogen functional groups attached to an aromatic ring is 1. The van der Waals surface area contributed by atoms with Crippen molar-refractivity contribution in [3.8, 4) is 0 Å². The number of nitrogens with two attached hydrogens (primary N) is 1. The molecule has 0 aliphatic carbocycles. The first kappa shape index (κ1) is 12.8. The zero-order valence-electron chi connectivity index (χ0n) is 9.68.